The van der Waals surface area contributed by atoms with Gasteiger partial charge < -0.3 is 15.3 Å². The first kappa shape index (κ1) is 18.1. The van der Waals surface area contributed by atoms with E-state index in [0.29, 0.717) is 11.4 Å². The number of aromatic carboxylic acids is 1. The second-order valence-corrected chi connectivity index (χ2v) is 6.12. The lowest BCUT2D eigenvalue weighted by Gasteiger charge is -2.06. The van der Waals surface area contributed by atoms with Gasteiger partial charge in [0, 0.05) is 0 Å². The van der Waals surface area contributed by atoms with Crippen molar-refractivity contribution in [3.05, 3.63) is 58.8 Å². The van der Waals surface area contributed by atoms with Crippen molar-refractivity contribution in [1.29, 1.82) is 0 Å². The molecule has 0 fully saturated rings. The molecule has 0 saturated carbocycles. The number of azo groups is 1. The van der Waals surface area contributed by atoms with Crippen LogP contribution in [0.25, 0.3) is 5.69 Å². The van der Waals surface area contributed by atoms with E-state index in [-0.39, 0.29) is 22.8 Å². The third-order valence-corrected chi connectivity index (χ3v) is 4.24. The Kier molecular flexibility index (Phi) is 4.64. The first-order valence-electron chi connectivity index (χ1n) is 8.13. The molecule has 3 aromatic rings. The predicted octanol–water partition coefficient (Wildman–Crippen LogP) is 4.32. The van der Waals surface area contributed by atoms with E-state index in [1.165, 1.54) is 22.9 Å². The minimum atomic E-state index is -1.27. The quantitative estimate of drug-likeness (QED) is 0.594. The molecule has 0 aliphatic heterocycles. The van der Waals surface area contributed by atoms with Crippen LogP contribution in [-0.4, -0.2) is 31.1 Å². The molecule has 0 unspecified atom stereocenters. The van der Waals surface area contributed by atoms with Gasteiger partial charge in [0.05, 0.1) is 11.4 Å². The van der Waals surface area contributed by atoms with Crippen molar-refractivity contribution in [3.63, 3.8) is 0 Å². The molecule has 2 aromatic carbocycles. The minimum Gasteiger partial charge on any atom is -0.505 e. The van der Waals surface area contributed by atoms with Crippen LogP contribution in [0.1, 0.15) is 27.2 Å². The van der Waals surface area contributed by atoms with E-state index < -0.39 is 11.7 Å². The molecule has 1 aromatic heterocycles. The van der Waals surface area contributed by atoms with Crippen LogP contribution in [0.5, 0.6) is 11.6 Å². The van der Waals surface area contributed by atoms with Crippen molar-refractivity contribution in [3.8, 4) is 17.3 Å². The van der Waals surface area contributed by atoms with Crippen LogP contribution in [0.3, 0.4) is 0 Å². The third kappa shape index (κ3) is 3.37. The number of aryl methyl sites for hydroxylation is 3. The van der Waals surface area contributed by atoms with Gasteiger partial charge >= 0.3 is 5.97 Å². The molecule has 27 heavy (non-hydrogen) atoms. The molecule has 138 valence electrons. The lowest BCUT2D eigenvalue weighted by atomic mass is 10.1. The second kappa shape index (κ2) is 6.91. The topological polar surface area (TPSA) is 120 Å². The first-order valence-corrected chi connectivity index (χ1v) is 8.13. The Morgan fingerprint density at radius 2 is 1.78 bits per heavy atom. The molecule has 8 nitrogen and oxygen atoms in total. The molecule has 0 atom stereocenters. The van der Waals surface area contributed by atoms with Crippen LogP contribution >= 0.6 is 0 Å². The summed E-state index contributed by atoms with van der Waals surface area (Å²) in [5.41, 5.74) is 3.12. The van der Waals surface area contributed by atoms with E-state index in [9.17, 15) is 15.0 Å². The number of phenols is 1. The van der Waals surface area contributed by atoms with Crippen molar-refractivity contribution in [1.82, 2.24) is 9.78 Å². The fraction of sp³-hybridized carbons (Fsp3) is 0.158. The lowest BCUT2D eigenvalue weighted by molar-refractivity contribution is 0.0694. The molecule has 0 aliphatic rings. The smallest absolute Gasteiger partial charge is 0.339 e. The van der Waals surface area contributed by atoms with Crippen molar-refractivity contribution < 1.29 is 20.1 Å². The van der Waals surface area contributed by atoms with Gasteiger partial charge in [0.15, 0.2) is 11.4 Å². The highest BCUT2D eigenvalue weighted by Gasteiger charge is 2.17. The van der Waals surface area contributed by atoms with Gasteiger partial charge in [-0.2, -0.15) is 9.78 Å². The molecule has 3 rings (SSSR count). The number of para-hydroxylation sites is 1. The number of rotatable bonds is 4. The molecule has 0 amide bonds. The maximum absolute atomic E-state index is 11.1. The predicted molar refractivity (Wildman–Crippen MR) is 98.7 cm³/mol. The highest BCUT2D eigenvalue weighted by molar-refractivity contribution is 5.92. The zero-order valence-electron chi connectivity index (χ0n) is 15.0. The van der Waals surface area contributed by atoms with E-state index in [1.807, 2.05) is 32.0 Å². The Morgan fingerprint density at radius 3 is 2.44 bits per heavy atom. The zero-order valence-corrected chi connectivity index (χ0v) is 15.0. The third-order valence-electron chi connectivity index (χ3n) is 4.24. The summed E-state index contributed by atoms with van der Waals surface area (Å²) in [5.74, 6) is -1.97. The number of aromatic nitrogens is 2. The van der Waals surface area contributed by atoms with Gasteiger partial charge in [-0.25, -0.2) is 4.79 Å². The van der Waals surface area contributed by atoms with E-state index in [0.717, 1.165) is 11.1 Å². The van der Waals surface area contributed by atoms with Crippen LogP contribution < -0.4 is 0 Å². The van der Waals surface area contributed by atoms with Gasteiger partial charge in [-0.05, 0) is 56.2 Å². The molecule has 0 spiro atoms. The number of aromatic hydroxyl groups is 2. The molecule has 3 N–H and O–H groups in total. The van der Waals surface area contributed by atoms with E-state index >= 15 is 0 Å². The van der Waals surface area contributed by atoms with E-state index in [2.05, 4.69) is 15.3 Å². The lowest BCUT2D eigenvalue weighted by Crippen LogP contribution is -1.97. The molecule has 0 saturated heterocycles. The molecule has 1 heterocycles. The van der Waals surface area contributed by atoms with Gasteiger partial charge in [-0.1, -0.05) is 12.1 Å². The fourth-order valence-corrected chi connectivity index (χ4v) is 2.55. The number of hydrogen-bond acceptors (Lipinski definition) is 6. The Morgan fingerprint density at radius 1 is 1.04 bits per heavy atom. The van der Waals surface area contributed by atoms with Crippen LogP contribution in [-0.2, 0) is 0 Å². The Balaban J connectivity index is 2.01. The van der Waals surface area contributed by atoms with Gasteiger partial charge in [-0.3, -0.25) is 0 Å². The number of carboxylic acid groups (broad SMARTS) is 1. The van der Waals surface area contributed by atoms with Gasteiger partial charge in [0.1, 0.15) is 11.3 Å². The summed E-state index contributed by atoms with van der Waals surface area (Å²) in [4.78, 5) is 11.1. The Labute approximate surface area is 155 Å². The van der Waals surface area contributed by atoms with Crippen molar-refractivity contribution in [2.24, 2.45) is 10.2 Å². The Hall–Kier alpha value is -3.68. The number of nitrogens with zero attached hydrogens (tertiary/aromatic N) is 4. The molecular weight excluding hydrogens is 348 g/mol. The van der Waals surface area contributed by atoms with Crippen LogP contribution in [0.15, 0.2) is 46.6 Å². The van der Waals surface area contributed by atoms with Crippen molar-refractivity contribution in [2.45, 2.75) is 20.8 Å². The maximum Gasteiger partial charge on any atom is 0.339 e. The SMILES string of the molecule is Cc1ccc(-n2nc(C)c(N=Nc3cccc(C(=O)O)c3O)c2O)cc1C. The zero-order chi connectivity index (χ0) is 19.7. The van der Waals surface area contributed by atoms with Gasteiger partial charge in [0.2, 0.25) is 5.88 Å². The van der Waals surface area contributed by atoms with Gasteiger partial charge in [0.25, 0.3) is 0 Å². The summed E-state index contributed by atoms with van der Waals surface area (Å²) in [6.45, 7) is 5.62. The molecular formula is C19H18N4O4. The summed E-state index contributed by atoms with van der Waals surface area (Å²) < 4.78 is 1.35. The monoisotopic (exact) mass is 366 g/mol. The van der Waals surface area contributed by atoms with Crippen LogP contribution in [0.2, 0.25) is 0 Å². The average Bonchev–Trinajstić information content (AvgIpc) is 2.90. The average molecular weight is 366 g/mol. The molecule has 0 bridgehead atoms. The summed E-state index contributed by atoms with van der Waals surface area (Å²) in [5, 5.41) is 41.7. The normalized spacial score (nSPS) is 11.2. The molecule has 8 heteroatoms. The fourth-order valence-electron chi connectivity index (χ4n) is 2.55. The number of benzene rings is 2. The number of carbonyl (C=O) groups is 1. The molecule has 0 aliphatic carbocycles. The van der Waals surface area contributed by atoms with Gasteiger partial charge in [-0.15, -0.1) is 10.2 Å². The standard InChI is InChI=1S/C19H18N4O4/c1-10-7-8-13(9-11(10)2)23-18(25)16(12(3)22-23)21-20-15-6-4-5-14(17(15)24)19(26)27/h4-9,24-25H,1-3H3,(H,26,27). The van der Waals surface area contributed by atoms with Crippen LogP contribution in [0.4, 0.5) is 11.4 Å². The van der Waals surface area contributed by atoms with Crippen molar-refractivity contribution in [2.75, 3.05) is 0 Å². The summed E-state index contributed by atoms with van der Waals surface area (Å²) in [6, 6.07) is 9.78. The van der Waals surface area contributed by atoms with Crippen molar-refractivity contribution >= 4 is 17.3 Å². The largest absolute Gasteiger partial charge is 0.505 e. The highest BCUT2D eigenvalue weighted by atomic mass is 16.4. The second-order valence-electron chi connectivity index (χ2n) is 6.12. The van der Waals surface area contributed by atoms with E-state index in [4.69, 9.17) is 5.11 Å². The summed E-state index contributed by atoms with van der Waals surface area (Å²) in [6.07, 6.45) is 0. The molecule has 0 radical (unpaired) electrons. The summed E-state index contributed by atoms with van der Waals surface area (Å²) >= 11 is 0. The number of hydrogen-bond donors (Lipinski definition) is 3. The minimum absolute atomic E-state index is 0.0207. The first-order chi connectivity index (χ1) is 12.8. The number of carboxylic acids is 1. The van der Waals surface area contributed by atoms with E-state index in [1.54, 1.807) is 6.92 Å². The Bertz CT molecular complexity index is 1070. The van der Waals surface area contributed by atoms with Crippen LogP contribution in [0, 0.1) is 20.8 Å². The highest BCUT2D eigenvalue weighted by Crippen LogP contribution is 2.36. The summed E-state index contributed by atoms with van der Waals surface area (Å²) in [7, 11) is 0. The maximum atomic E-state index is 11.1.